The average molecular weight is 329 g/mol. The molecule has 1 aromatic carbocycles. The first kappa shape index (κ1) is 16.2. The van der Waals surface area contributed by atoms with Crippen LogP contribution in [0.15, 0.2) is 28.7 Å². The molecule has 0 saturated heterocycles. The van der Waals surface area contributed by atoms with E-state index in [-0.39, 0.29) is 23.4 Å². The SMILES string of the molecule is CC(=O)c1oc2ccccc2c1NC(=O)[C@H](C)OC(=O)C1CCC1. The lowest BCUT2D eigenvalue weighted by Gasteiger charge is -2.24. The van der Waals surface area contributed by atoms with Gasteiger partial charge in [-0.2, -0.15) is 0 Å². The van der Waals surface area contributed by atoms with Crippen molar-refractivity contribution in [3.63, 3.8) is 0 Å². The minimum Gasteiger partial charge on any atom is -0.452 e. The van der Waals surface area contributed by atoms with Gasteiger partial charge in [-0.1, -0.05) is 18.6 Å². The molecular weight excluding hydrogens is 310 g/mol. The Hall–Kier alpha value is -2.63. The highest BCUT2D eigenvalue weighted by Gasteiger charge is 2.30. The van der Waals surface area contributed by atoms with Gasteiger partial charge in [-0.15, -0.1) is 0 Å². The van der Waals surface area contributed by atoms with Crippen molar-refractivity contribution in [1.29, 1.82) is 0 Å². The van der Waals surface area contributed by atoms with E-state index in [0.29, 0.717) is 16.7 Å². The molecule has 1 aromatic heterocycles. The lowest BCUT2D eigenvalue weighted by atomic mass is 9.86. The van der Waals surface area contributed by atoms with E-state index < -0.39 is 12.0 Å². The van der Waals surface area contributed by atoms with Crippen molar-refractivity contribution in [1.82, 2.24) is 0 Å². The Morgan fingerprint density at radius 1 is 1.25 bits per heavy atom. The highest BCUT2D eigenvalue weighted by atomic mass is 16.5. The molecule has 1 atom stereocenters. The van der Waals surface area contributed by atoms with Gasteiger partial charge in [0.05, 0.1) is 11.6 Å². The van der Waals surface area contributed by atoms with Crippen molar-refractivity contribution in [3.05, 3.63) is 30.0 Å². The summed E-state index contributed by atoms with van der Waals surface area (Å²) in [4.78, 5) is 36.0. The minimum atomic E-state index is -0.938. The molecule has 2 aromatic rings. The third kappa shape index (κ3) is 3.04. The molecular formula is C18H19NO5. The molecule has 1 fully saturated rings. The fourth-order valence-electron chi connectivity index (χ4n) is 2.61. The Morgan fingerprint density at radius 2 is 1.96 bits per heavy atom. The largest absolute Gasteiger partial charge is 0.452 e. The summed E-state index contributed by atoms with van der Waals surface area (Å²) in [6, 6.07) is 7.05. The number of Topliss-reactive ketones (excluding diaryl/α,β-unsaturated/α-hetero) is 1. The number of nitrogens with one attached hydrogen (secondary N) is 1. The summed E-state index contributed by atoms with van der Waals surface area (Å²) >= 11 is 0. The van der Waals surface area contributed by atoms with Gasteiger partial charge < -0.3 is 14.5 Å². The molecule has 0 bridgehead atoms. The normalized spacial score (nSPS) is 15.6. The Kier molecular flexibility index (Phi) is 4.38. The molecule has 0 radical (unpaired) electrons. The van der Waals surface area contributed by atoms with Crippen LogP contribution < -0.4 is 5.32 Å². The topological polar surface area (TPSA) is 85.6 Å². The maximum atomic E-state index is 12.4. The minimum absolute atomic E-state index is 0.0852. The summed E-state index contributed by atoms with van der Waals surface area (Å²) in [6.45, 7) is 2.88. The summed E-state index contributed by atoms with van der Waals surface area (Å²) in [6.07, 6.45) is 1.71. The molecule has 1 amide bonds. The van der Waals surface area contributed by atoms with Crippen molar-refractivity contribution < 1.29 is 23.5 Å². The molecule has 24 heavy (non-hydrogen) atoms. The number of hydrogen-bond donors (Lipinski definition) is 1. The van der Waals surface area contributed by atoms with Gasteiger partial charge in [0, 0.05) is 12.3 Å². The number of fused-ring (bicyclic) bond motifs is 1. The zero-order valence-corrected chi connectivity index (χ0v) is 13.6. The van der Waals surface area contributed by atoms with Crippen LogP contribution in [0.2, 0.25) is 0 Å². The van der Waals surface area contributed by atoms with Crippen molar-refractivity contribution in [2.75, 3.05) is 5.32 Å². The molecule has 126 valence electrons. The number of hydrogen-bond acceptors (Lipinski definition) is 5. The van der Waals surface area contributed by atoms with E-state index in [2.05, 4.69) is 5.32 Å². The van der Waals surface area contributed by atoms with Crippen LogP contribution in [0.5, 0.6) is 0 Å². The van der Waals surface area contributed by atoms with Crippen LogP contribution in [0.4, 0.5) is 5.69 Å². The number of carbonyl (C=O) groups is 3. The Balaban J connectivity index is 1.78. The van der Waals surface area contributed by atoms with Gasteiger partial charge >= 0.3 is 5.97 Å². The first-order chi connectivity index (χ1) is 11.5. The number of rotatable bonds is 5. The quantitative estimate of drug-likeness (QED) is 0.672. The van der Waals surface area contributed by atoms with Gasteiger partial charge in [-0.05, 0) is 31.9 Å². The monoisotopic (exact) mass is 329 g/mol. The van der Waals surface area contributed by atoms with Crippen LogP contribution in [0.3, 0.4) is 0 Å². The molecule has 6 heteroatoms. The van der Waals surface area contributed by atoms with Crippen LogP contribution in [-0.2, 0) is 14.3 Å². The molecule has 3 rings (SSSR count). The van der Waals surface area contributed by atoms with Crippen LogP contribution in [0.1, 0.15) is 43.7 Å². The molecule has 1 N–H and O–H groups in total. The first-order valence-electron chi connectivity index (χ1n) is 8.01. The zero-order chi connectivity index (χ0) is 17.3. The van der Waals surface area contributed by atoms with Crippen LogP contribution >= 0.6 is 0 Å². The van der Waals surface area contributed by atoms with Crippen LogP contribution in [-0.4, -0.2) is 23.8 Å². The van der Waals surface area contributed by atoms with Crippen molar-refractivity contribution >= 4 is 34.3 Å². The lowest BCUT2D eigenvalue weighted by molar-refractivity contribution is -0.159. The van der Waals surface area contributed by atoms with Crippen LogP contribution in [0, 0.1) is 5.92 Å². The first-order valence-corrected chi connectivity index (χ1v) is 8.01. The lowest BCUT2D eigenvalue weighted by Crippen LogP contribution is -2.34. The molecule has 1 saturated carbocycles. The standard InChI is InChI=1S/C18H19NO5/c1-10(20)16-15(13-8-3-4-9-14(13)24-16)19-17(21)11(2)23-18(22)12-6-5-7-12/h3-4,8-9,11-12H,5-7H2,1-2H3,(H,19,21)/t11-/m0/s1. The van der Waals surface area contributed by atoms with Gasteiger partial charge in [0.1, 0.15) is 5.58 Å². The Labute approximate surface area is 139 Å². The summed E-state index contributed by atoms with van der Waals surface area (Å²) in [5.74, 6) is -1.13. The summed E-state index contributed by atoms with van der Waals surface area (Å²) in [5, 5.41) is 3.30. The second-order valence-corrected chi connectivity index (χ2v) is 6.05. The van der Waals surface area contributed by atoms with Crippen molar-refractivity contribution in [2.24, 2.45) is 5.92 Å². The molecule has 1 aliphatic carbocycles. The van der Waals surface area contributed by atoms with Gasteiger partial charge in [-0.25, -0.2) is 0 Å². The number of esters is 1. The Morgan fingerprint density at radius 3 is 2.58 bits per heavy atom. The van der Waals surface area contributed by atoms with Crippen molar-refractivity contribution in [3.8, 4) is 0 Å². The predicted octanol–water partition coefficient (Wildman–Crippen LogP) is 3.31. The molecule has 1 heterocycles. The molecule has 0 unspecified atom stereocenters. The smallest absolute Gasteiger partial charge is 0.309 e. The fraction of sp³-hybridized carbons (Fsp3) is 0.389. The predicted molar refractivity (Wildman–Crippen MR) is 87.7 cm³/mol. The maximum absolute atomic E-state index is 12.4. The number of benzene rings is 1. The second kappa shape index (κ2) is 6.47. The van der Waals surface area contributed by atoms with E-state index in [1.54, 1.807) is 24.3 Å². The van der Waals surface area contributed by atoms with E-state index >= 15 is 0 Å². The highest BCUT2D eigenvalue weighted by molar-refractivity contribution is 6.11. The van der Waals surface area contributed by atoms with E-state index in [1.807, 2.05) is 0 Å². The van der Waals surface area contributed by atoms with Crippen molar-refractivity contribution in [2.45, 2.75) is 39.2 Å². The third-order valence-electron chi connectivity index (χ3n) is 4.26. The van der Waals surface area contributed by atoms with E-state index in [4.69, 9.17) is 9.15 Å². The van der Waals surface area contributed by atoms with Gasteiger partial charge in [0.25, 0.3) is 5.91 Å². The van der Waals surface area contributed by atoms with Gasteiger partial charge in [-0.3, -0.25) is 14.4 Å². The average Bonchev–Trinajstić information content (AvgIpc) is 2.84. The number of furan rings is 1. The van der Waals surface area contributed by atoms with E-state index in [9.17, 15) is 14.4 Å². The van der Waals surface area contributed by atoms with Gasteiger partial charge in [0.15, 0.2) is 17.6 Å². The molecule has 0 spiro atoms. The summed E-state index contributed by atoms with van der Waals surface area (Å²) in [5.41, 5.74) is 0.826. The third-order valence-corrected chi connectivity index (χ3v) is 4.26. The molecule has 1 aliphatic rings. The highest BCUT2D eigenvalue weighted by Crippen LogP contribution is 2.32. The maximum Gasteiger partial charge on any atom is 0.309 e. The number of anilines is 1. The summed E-state index contributed by atoms with van der Waals surface area (Å²) in [7, 11) is 0. The number of carbonyl (C=O) groups excluding carboxylic acids is 3. The number of ether oxygens (including phenoxy) is 1. The fourth-order valence-corrected chi connectivity index (χ4v) is 2.61. The number of para-hydroxylation sites is 1. The van der Waals surface area contributed by atoms with E-state index in [1.165, 1.54) is 13.8 Å². The Bertz CT molecular complexity index is 803. The number of amides is 1. The second-order valence-electron chi connectivity index (χ2n) is 6.05. The van der Waals surface area contributed by atoms with Crippen LogP contribution in [0.25, 0.3) is 11.0 Å². The van der Waals surface area contributed by atoms with E-state index in [0.717, 1.165) is 19.3 Å². The summed E-state index contributed by atoms with van der Waals surface area (Å²) < 4.78 is 10.7. The van der Waals surface area contributed by atoms with Gasteiger partial charge in [0.2, 0.25) is 0 Å². The molecule has 0 aliphatic heterocycles. The number of ketones is 1. The molecule has 6 nitrogen and oxygen atoms in total. The zero-order valence-electron chi connectivity index (χ0n) is 13.6.